The third-order valence-electron chi connectivity index (χ3n) is 2.02. The van der Waals surface area contributed by atoms with Gasteiger partial charge in [0.2, 0.25) is 5.88 Å². The van der Waals surface area contributed by atoms with Gasteiger partial charge in [-0.3, -0.25) is 0 Å². The average molecular weight is 195 g/mol. The maximum atomic E-state index is 5.51. The number of ether oxygens (including phenoxy) is 1. The third-order valence-corrected chi connectivity index (χ3v) is 2.02. The molecule has 4 nitrogen and oxygen atoms in total. The lowest BCUT2D eigenvalue weighted by molar-refractivity contribution is 0.398. The van der Waals surface area contributed by atoms with Crippen LogP contribution in [0, 0.1) is 0 Å². The molecule has 0 amide bonds. The van der Waals surface area contributed by atoms with Gasteiger partial charge in [-0.15, -0.1) is 0 Å². The van der Waals surface area contributed by atoms with Crippen LogP contribution >= 0.6 is 0 Å². The lowest BCUT2D eigenvalue weighted by Gasteiger charge is -2.21. The van der Waals surface area contributed by atoms with E-state index in [-0.39, 0.29) is 0 Å². The number of aromatic nitrogens is 1. The van der Waals surface area contributed by atoms with Crippen molar-refractivity contribution in [2.24, 2.45) is 5.73 Å². The van der Waals surface area contributed by atoms with E-state index in [1.807, 2.05) is 18.2 Å². The van der Waals surface area contributed by atoms with Crippen molar-refractivity contribution in [1.82, 2.24) is 4.98 Å². The highest BCUT2D eigenvalue weighted by Crippen LogP contribution is 2.14. The van der Waals surface area contributed by atoms with Crippen molar-refractivity contribution in [3.63, 3.8) is 0 Å². The summed E-state index contributed by atoms with van der Waals surface area (Å²) in [6, 6.07) is 5.72. The van der Waals surface area contributed by atoms with Gasteiger partial charge in [0.1, 0.15) is 5.82 Å². The summed E-state index contributed by atoms with van der Waals surface area (Å²) in [6.07, 6.45) is 0. The van der Waals surface area contributed by atoms with Gasteiger partial charge < -0.3 is 15.4 Å². The number of nitrogens with zero attached hydrogens (tertiary/aromatic N) is 2. The van der Waals surface area contributed by atoms with Gasteiger partial charge in [0.15, 0.2) is 0 Å². The standard InChI is InChI=1S/C10H17N3O/c1-3-13(8-7-11)9-5-4-6-10(12-9)14-2/h4-6H,3,7-8,11H2,1-2H3. The molecule has 0 unspecified atom stereocenters. The van der Waals surface area contributed by atoms with Crippen molar-refractivity contribution < 1.29 is 4.74 Å². The van der Waals surface area contributed by atoms with E-state index in [9.17, 15) is 0 Å². The minimum atomic E-state index is 0.632. The molecule has 0 fully saturated rings. The summed E-state index contributed by atoms with van der Waals surface area (Å²) in [5, 5.41) is 0. The van der Waals surface area contributed by atoms with Crippen molar-refractivity contribution >= 4 is 5.82 Å². The molecule has 0 saturated carbocycles. The molecule has 4 heteroatoms. The summed E-state index contributed by atoms with van der Waals surface area (Å²) < 4.78 is 5.06. The first kappa shape index (κ1) is 10.8. The van der Waals surface area contributed by atoms with Gasteiger partial charge in [-0.1, -0.05) is 6.07 Å². The highest BCUT2D eigenvalue weighted by molar-refractivity contribution is 5.40. The molecule has 0 aromatic carbocycles. The first-order valence-electron chi connectivity index (χ1n) is 4.78. The van der Waals surface area contributed by atoms with Crippen LogP contribution in [0.5, 0.6) is 5.88 Å². The number of likely N-dealkylation sites (N-methyl/N-ethyl adjacent to an activating group) is 1. The molecular formula is C10H17N3O. The molecule has 0 spiro atoms. The fourth-order valence-corrected chi connectivity index (χ4v) is 1.28. The number of nitrogens with two attached hydrogens (primary N) is 1. The smallest absolute Gasteiger partial charge is 0.214 e. The largest absolute Gasteiger partial charge is 0.481 e. The number of anilines is 1. The summed E-state index contributed by atoms with van der Waals surface area (Å²) in [6.45, 7) is 4.43. The topological polar surface area (TPSA) is 51.4 Å². The second-order valence-electron chi connectivity index (χ2n) is 2.91. The molecule has 0 atom stereocenters. The molecule has 1 rings (SSSR count). The van der Waals surface area contributed by atoms with Crippen LogP contribution in [-0.2, 0) is 0 Å². The minimum absolute atomic E-state index is 0.632. The van der Waals surface area contributed by atoms with Crippen LogP contribution in [0.3, 0.4) is 0 Å². The fraction of sp³-hybridized carbons (Fsp3) is 0.500. The summed E-state index contributed by atoms with van der Waals surface area (Å²) in [4.78, 5) is 6.44. The van der Waals surface area contributed by atoms with E-state index in [4.69, 9.17) is 10.5 Å². The highest BCUT2D eigenvalue weighted by atomic mass is 16.5. The van der Waals surface area contributed by atoms with Gasteiger partial charge >= 0.3 is 0 Å². The first-order chi connectivity index (χ1) is 6.81. The molecule has 1 aromatic rings. The zero-order valence-corrected chi connectivity index (χ0v) is 8.73. The monoisotopic (exact) mass is 195 g/mol. The van der Waals surface area contributed by atoms with Crippen LogP contribution in [0.4, 0.5) is 5.82 Å². The Morgan fingerprint density at radius 3 is 2.86 bits per heavy atom. The maximum Gasteiger partial charge on any atom is 0.214 e. The van der Waals surface area contributed by atoms with Crippen LogP contribution < -0.4 is 15.4 Å². The molecule has 78 valence electrons. The van der Waals surface area contributed by atoms with Crippen molar-refractivity contribution in [3.8, 4) is 5.88 Å². The predicted molar refractivity (Wildman–Crippen MR) is 57.7 cm³/mol. The van der Waals surface area contributed by atoms with E-state index < -0.39 is 0 Å². The molecular weight excluding hydrogens is 178 g/mol. The summed E-state index contributed by atoms with van der Waals surface area (Å²) >= 11 is 0. The van der Waals surface area contributed by atoms with Crippen LogP contribution in [0.25, 0.3) is 0 Å². The SMILES string of the molecule is CCN(CCN)c1cccc(OC)n1. The van der Waals surface area contributed by atoms with Crippen molar-refractivity contribution in [3.05, 3.63) is 18.2 Å². The lowest BCUT2D eigenvalue weighted by atomic mass is 10.4. The normalized spacial score (nSPS) is 9.93. The van der Waals surface area contributed by atoms with E-state index >= 15 is 0 Å². The molecule has 2 N–H and O–H groups in total. The van der Waals surface area contributed by atoms with Crippen molar-refractivity contribution in [1.29, 1.82) is 0 Å². The Bertz CT molecular complexity index is 278. The van der Waals surface area contributed by atoms with Gasteiger partial charge in [-0.25, -0.2) is 0 Å². The Morgan fingerprint density at radius 1 is 1.50 bits per heavy atom. The molecule has 0 bridgehead atoms. The molecule has 1 aromatic heterocycles. The molecule has 0 aliphatic carbocycles. The quantitative estimate of drug-likeness (QED) is 0.757. The molecule has 0 aliphatic heterocycles. The van der Waals surface area contributed by atoms with Gasteiger partial charge in [0.05, 0.1) is 7.11 Å². The fourth-order valence-electron chi connectivity index (χ4n) is 1.28. The average Bonchev–Trinajstić information content (AvgIpc) is 2.26. The van der Waals surface area contributed by atoms with E-state index in [2.05, 4.69) is 16.8 Å². The van der Waals surface area contributed by atoms with E-state index in [0.717, 1.165) is 18.9 Å². The maximum absolute atomic E-state index is 5.51. The molecule has 0 radical (unpaired) electrons. The zero-order valence-electron chi connectivity index (χ0n) is 8.73. The summed E-state index contributed by atoms with van der Waals surface area (Å²) in [5.74, 6) is 1.55. The predicted octanol–water partition coefficient (Wildman–Crippen LogP) is 0.875. The van der Waals surface area contributed by atoms with Crippen LogP contribution in [0.1, 0.15) is 6.92 Å². The number of pyridine rings is 1. The number of rotatable bonds is 5. The molecule has 1 heterocycles. The second-order valence-corrected chi connectivity index (χ2v) is 2.91. The van der Waals surface area contributed by atoms with Crippen molar-refractivity contribution in [2.75, 3.05) is 31.6 Å². The highest BCUT2D eigenvalue weighted by Gasteiger charge is 2.04. The summed E-state index contributed by atoms with van der Waals surface area (Å²) in [5.41, 5.74) is 5.51. The summed E-state index contributed by atoms with van der Waals surface area (Å²) in [7, 11) is 1.62. The number of hydrogen-bond acceptors (Lipinski definition) is 4. The Balaban J connectivity index is 2.80. The van der Waals surface area contributed by atoms with E-state index in [0.29, 0.717) is 12.4 Å². The second kappa shape index (κ2) is 5.44. The number of methoxy groups -OCH3 is 1. The van der Waals surface area contributed by atoms with Gasteiger partial charge in [0, 0.05) is 25.7 Å². The molecule has 0 saturated heterocycles. The lowest BCUT2D eigenvalue weighted by Crippen LogP contribution is -2.29. The van der Waals surface area contributed by atoms with Crippen LogP contribution in [-0.4, -0.2) is 31.7 Å². The Kier molecular flexibility index (Phi) is 4.19. The Hall–Kier alpha value is -1.29. The molecule has 14 heavy (non-hydrogen) atoms. The van der Waals surface area contributed by atoms with Crippen LogP contribution in [0.15, 0.2) is 18.2 Å². The zero-order chi connectivity index (χ0) is 10.4. The Morgan fingerprint density at radius 2 is 2.29 bits per heavy atom. The Labute approximate surface area is 84.7 Å². The first-order valence-corrected chi connectivity index (χ1v) is 4.78. The van der Waals surface area contributed by atoms with E-state index in [1.54, 1.807) is 7.11 Å². The van der Waals surface area contributed by atoms with Gasteiger partial charge in [-0.2, -0.15) is 4.98 Å². The third kappa shape index (κ3) is 2.60. The van der Waals surface area contributed by atoms with Gasteiger partial charge in [0.25, 0.3) is 0 Å². The number of hydrogen-bond donors (Lipinski definition) is 1. The van der Waals surface area contributed by atoms with E-state index in [1.165, 1.54) is 0 Å². The molecule has 0 aliphatic rings. The minimum Gasteiger partial charge on any atom is -0.481 e. The van der Waals surface area contributed by atoms with Crippen LogP contribution in [0.2, 0.25) is 0 Å². The van der Waals surface area contributed by atoms with Crippen molar-refractivity contribution in [2.45, 2.75) is 6.92 Å². The van der Waals surface area contributed by atoms with Gasteiger partial charge in [-0.05, 0) is 13.0 Å².